The van der Waals surface area contributed by atoms with E-state index >= 15 is 0 Å². The molecule has 1 aromatic heterocycles. The fourth-order valence-electron chi connectivity index (χ4n) is 3.44. The van der Waals surface area contributed by atoms with Gasteiger partial charge in [0.2, 0.25) is 5.91 Å². The van der Waals surface area contributed by atoms with Crippen molar-refractivity contribution >= 4 is 23.3 Å². The summed E-state index contributed by atoms with van der Waals surface area (Å²) in [6.45, 7) is 4.02. The third kappa shape index (κ3) is 5.10. The van der Waals surface area contributed by atoms with E-state index in [2.05, 4.69) is 16.7 Å². The first-order chi connectivity index (χ1) is 15.5. The summed E-state index contributed by atoms with van der Waals surface area (Å²) >= 11 is 0. The predicted octanol–water partition coefficient (Wildman–Crippen LogP) is 5.12. The van der Waals surface area contributed by atoms with Crippen molar-refractivity contribution in [2.75, 3.05) is 10.6 Å². The van der Waals surface area contributed by atoms with Crippen molar-refractivity contribution in [1.29, 1.82) is 0 Å². The molecule has 32 heavy (non-hydrogen) atoms. The molecule has 0 aliphatic carbocycles. The van der Waals surface area contributed by atoms with Crippen LogP contribution in [-0.4, -0.2) is 21.6 Å². The maximum atomic E-state index is 12.9. The highest BCUT2D eigenvalue weighted by molar-refractivity contribution is 6.04. The van der Waals surface area contributed by atoms with E-state index in [0.29, 0.717) is 23.6 Å². The normalized spacial score (nSPS) is 10.6. The van der Waals surface area contributed by atoms with E-state index in [4.69, 9.17) is 5.10 Å². The van der Waals surface area contributed by atoms with Crippen molar-refractivity contribution in [3.8, 4) is 11.3 Å². The molecule has 0 atom stereocenters. The Morgan fingerprint density at radius 3 is 2.31 bits per heavy atom. The number of hydrogen-bond acceptors (Lipinski definition) is 3. The smallest absolute Gasteiger partial charge is 0.256 e. The minimum atomic E-state index is -0.246. The fourth-order valence-corrected chi connectivity index (χ4v) is 3.44. The maximum Gasteiger partial charge on any atom is 0.256 e. The van der Waals surface area contributed by atoms with Gasteiger partial charge in [0.15, 0.2) is 0 Å². The Morgan fingerprint density at radius 2 is 1.62 bits per heavy atom. The lowest BCUT2D eigenvalue weighted by Crippen LogP contribution is -2.16. The fraction of sp³-hybridized carbons (Fsp3) is 0.115. The van der Waals surface area contributed by atoms with Gasteiger partial charge in [-0.25, -0.2) is 4.68 Å². The van der Waals surface area contributed by atoms with Gasteiger partial charge in [0, 0.05) is 29.8 Å². The number of aromatic nitrogens is 2. The molecule has 4 aromatic rings. The van der Waals surface area contributed by atoms with Crippen LogP contribution in [0, 0.1) is 6.92 Å². The van der Waals surface area contributed by atoms with Crippen molar-refractivity contribution in [1.82, 2.24) is 9.78 Å². The molecular weight excluding hydrogens is 400 g/mol. The standard InChI is InChI=1S/C26H24N4O2/c1-18-7-6-10-22(15-18)24-16-25(30(29-24)17-20-8-4-3-5-9-20)28-26(32)21-11-13-23(14-12-21)27-19(2)31/h3-16H,17H2,1-2H3,(H,27,31)(H,28,32). The van der Waals surface area contributed by atoms with Gasteiger partial charge in [-0.3, -0.25) is 9.59 Å². The van der Waals surface area contributed by atoms with Gasteiger partial charge in [0.25, 0.3) is 5.91 Å². The number of hydrogen-bond donors (Lipinski definition) is 2. The van der Waals surface area contributed by atoms with Crippen molar-refractivity contribution < 1.29 is 9.59 Å². The Balaban J connectivity index is 1.62. The van der Waals surface area contributed by atoms with Crippen LogP contribution in [0.5, 0.6) is 0 Å². The monoisotopic (exact) mass is 424 g/mol. The largest absolute Gasteiger partial charge is 0.326 e. The van der Waals surface area contributed by atoms with Gasteiger partial charge in [-0.05, 0) is 42.8 Å². The lowest BCUT2D eigenvalue weighted by Gasteiger charge is -2.10. The first-order valence-corrected chi connectivity index (χ1v) is 10.4. The van der Waals surface area contributed by atoms with E-state index in [9.17, 15) is 9.59 Å². The number of nitrogens with zero attached hydrogens (tertiary/aromatic N) is 2. The summed E-state index contributed by atoms with van der Waals surface area (Å²) in [5, 5.41) is 10.4. The number of nitrogens with one attached hydrogen (secondary N) is 2. The zero-order chi connectivity index (χ0) is 22.5. The summed E-state index contributed by atoms with van der Waals surface area (Å²) in [6, 6.07) is 26.8. The van der Waals surface area contributed by atoms with Gasteiger partial charge in [0.05, 0.1) is 12.2 Å². The van der Waals surface area contributed by atoms with Crippen molar-refractivity contribution in [2.45, 2.75) is 20.4 Å². The Labute approximate surface area is 186 Å². The van der Waals surface area contributed by atoms with E-state index in [1.807, 2.05) is 61.5 Å². The molecule has 160 valence electrons. The zero-order valence-corrected chi connectivity index (χ0v) is 18.0. The third-order valence-corrected chi connectivity index (χ3v) is 4.98. The lowest BCUT2D eigenvalue weighted by atomic mass is 10.1. The summed E-state index contributed by atoms with van der Waals surface area (Å²) in [4.78, 5) is 24.1. The summed E-state index contributed by atoms with van der Waals surface area (Å²) in [7, 11) is 0. The molecule has 0 saturated heterocycles. The topological polar surface area (TPSA) is 76.0 Å². The van der Waals surface area contributed by atoms with Crippen LogP contribution in [0.15, 0.2) is 84.9 Å². The maximum absolute atomic E-state index is 12.9. The van der Waals surface area contributed by atoms with Crippen LogP contribution in [-0.2, 0) is 11.3 Å². The molecule has 0 unspecified atom stereocenters. The third-order valence-electron chi connectivity index (χ3n) is 4.98. The highest BCUT2D eigenvalue weighted by atomic mass is 16.2. The van der Waals surface area contributed by atoms with Gasteiger partial charge in [-0.15, -0.1) is 0 Å². The Kier molecular flexibility index (Phi) is 6.12. The molecule has 0 aliphatic rings. The highest BCUT2D eigenvalue weighted by Crippen LogP contribution is 2.24. The Hall–Kier alpha value is -4.19. The molecule has 2 N–H and O–H groups in total. The van der Waals surface area contributed by atoms with E-state index < -0.39 is 0 Å². The number of amides is 2. The molecule has 2 amide bonds. The van der Waals surface area contributed by atoms with Gasteiger partial charge in [-0.1, -0.05) is 54.1 Å². The highest BCUT2D eigenvalue weighted by Gasteiger charge is 2.14. The van der Waals surface area contributed by atoms with Crippen LogP contribution in [0.25, 0.3) is 11.3 Å². The number of rotatable bonds is 6. The zero-order valence-electron chi connectivity index (χ0n) is 18.0. The van der Waals surface area contributed by atoms with E-state index in [-0.39, 0.29) is 11.8 Å². The molecule has 6 nitrogen and oxygen atoms in total. The molecule has 1 heterocycles. The van der Waals surface area contributed by atoms with Crippen molar-refractivity contribution in [2.24, 2.45) is 0 Å². The van der Waals surface area contributed by atoms with Gasteiger partial charge in [0.1, 0.15) is 5.82 Å². The molecule has 4 rings (SSSR count). The Bertz CT molecular complexity index is 1240. The molecule has 0 spiro atoms. The molecule has 0 bridgehead atoms. The van der Waals surface area contributed by atoms with Crippen LogP contribution >= 0.6 is 0 Å². The Morgan fingerprint density at radius 1 is 0.875 bits per heavy atom. The quantitative estimate of drug-likeness (QED) is 0.451. The summed E-state index contributed by atoms with van der Waals surface area (Å²) < 4.78 is 1.80. The average molecular weight is 425 g/mol. The summed E-state index contributed by atoms with van der Waals surface area (Å²) in [6.07, 6.45) is 0. The molecule has 6 heteroatoms. The minimum Gasteiger partial charge on any atom is -0.326 e. The van der Waals surface area contributed by atoms with Crippen molar-refractivity contribution in [3.63, 3.8) is 0 Å². The lowest BCUT2D eigenvalue weighted by molar-refractivity contribution is -0.114. The van der Waals surface area contributed by atoms with Crippen LogP contribution in [0.2, 0.25) is 0 Å². The van der Waals surface area contributed by atoms with Crippen LogP contribution in [0.4, 0.5) is 11.5 Å². The van der Waals surface area contributed by atoms with E-state index in [0.717, 1.165) is 22.4 Å². The molecular formula is C26H24N4O2. The molecule has 0 fully saturated rings. The summed E-state index contributed by atoms with van der Waals surface area (Å²) in [5.74, 6) is 0.210. The second kappa shape index (κ2) is 9.31. The second-order valence-electron chi connectivity index (χ2n) is 7.64. The predicted molar refractivity (Wildman–Crippen MR) is 127 cm³/mol. The number of anilines is 2. The van der Waals surface area contributed by atoms with Gasteiger partial charge in [-0.2, -0.15) is 5.10 Å². The van der Waals surface area contributed by atoms with E-state index in [1.54, 1.807) is 28.9 Å². The minimum absolute atomic E-state index is 0.157. The van der Waals surface area contributed by atoms with Gasteiger partial charge >= 0.3 is 0 Å². The number of carbonyl (C=O) groups excluding carboxylic acids is 2. The number of aryl methyl sites for hydroxylation is 1. The number of benzene rings is 3. The first-order valence-electron chi connectivity index (χ1n) is 10.4. The molecule has 0 saturated carbocycles. The van der Waals surface area contributed by atoms with Crippen LogP contribution in [0.1, 0.15) is 28.4 Å². The number of carbonyl (C=O) groups is 2. The second-order valence-corrected chi connectivity index (χ2v) is 7.64. The molecule has 0 radical (unpaired) electrons. The van der Waals surface area contributed by atoms with Crippen LogP contribution in [0.3, 0.4) is 0 Å². The SMILES string of the molecule is CC(=O)Nc1ccc(C(=O)Nc2cc(-c3cccc(C)c3)nn2Cc2ccccc2)cc1. The molecule has 3 aromatic carbocycles. The van der Waals surface area contributed by atoms with Gasteiger partial charge < -0.3 is 10.6 Å². The molecule has 0 aliphatic heterocycles. The van der Waals surface area contributed by atoms with E-state index in [1.165, 1.54) is 6.92 Å². The van der Waals surface area contributed by atoms with Crippen molar-refractivity contribution in [3.05, 3.63) is 102 Å². The summed E-state index contributed by atoms with van der Waals surface area (Å²) in [5.41, 5.74) is 5.15. The first kappa shape index (κ1) is 21.1. The average Bonchev–Trinajstić information content (AvgIpc) is 3.17. The van der Waals surface area contributed by atoms with Crippen LogP contribution < -0.4 is 10.6 Å².